The summed E-state index contributed by atoms with van der Waals surface area (Å²) in [5.74, 6) is 1.25. The molecule has 0 aliphatic rings. The minimum absolute atomic E-state index is 0.151. The number of aromatic hydroxyl groups is 1. The number of benzene rings is 2. The largest absolute Gasteiger partial charge is 0.508 e. The van der Waals surface area contributed by atoms with Gasteiger partial charge in [-0.15, -0.1) is 0 Å². The van der Waals surface area contributed by atoms with E-state index in [4.69, 9.17) is 4.74 Å². The predicted octanol–water partition coefficient (Wildman–Crippen LogP) is 4.06. The SMILES string of the molecule is CC(NC(=O)Nc1ccc(O)cc1)Oc1ccccc1C(C)C. The lowest BCUT2D eigenvalue weighted by Crippen LogP contribution is -2.39. The van der Waals surface area contributed by atoms with Gasteiger partial charge in [-0.2, -0.15) is 0 Å². The van der Waals surface area contributed by atoms with Crippen LogP contribution in [0.4, 0.5) is 10.5 Å². The Bertz CT molecular complexity index is 654. The maximum atomic E-state index is 12.0. The molecule has 2 aromatic carbocycles. The number of rotatable bonds is 5. The van der Waals surface area contributed by atoms with Crippen LogP contribution in [0.3, 0.4) is 0 Å². The van der Waals surface area contributed by atoms with E-state index in [-0.39, 0.29) is 11.8 Å². The van der Waals surface area contributed by atoms with Gasteiger partial charge in [0.15, 0.2) is 6.23 Å². The van der Waals surface area contributed by atoms with Crippen molar-refractivity contribution in [2.75, 3.05) is 5.32 Å². The summed E-state index contributed by atoms with van der Waals surface area (Å²) in [5.41, 5.74) is 1.69. The first-order chi connectivity index (χ1) is 11.0. The first-order valence-corrected chi connectivity index (χ1v) is 7.58. The van der Waals surface area contributed by atoms with Gasteiger partial charge in [-0.05, 0) is 48.7 Å². The molecule has 0 fully saturated rings. The highest BCUT2D eigenvalue weighted by Crippen LogP contribution is 2.26. The van der Waals surface area contributed by atoms with Crippen LogP contribution in [0.1, 0.15) is 32.3 Å². The molecule has 0 spiro atoms. The van der Waals surface area contributed by atoms with Crippen molar-refractivity contribution in [3.63, 3.8) is 0 Å². The van der Waals surface area contributed by atoms with E-state index in [1.165, 1.54) is 12.1 Å². The van der Waals surface area contributed by atoms with Crippen molar-refractivity contribution < 1.29 is 14.6 Å². The minimum atomic E-state index is -0.480. The quantitative estimate of drug-likeness (QED) is 0.575. The number of amides is 2. The van der Waals surface area contributed by atoms with E-state index in [1.807, 2.05) is 24.3 Å². The number of hydrogen-bond donors (Lipinski definition) is 3. The van der Waals surface area contributed by atoms with E-state index in [0.717, 1.165) is 11.3 Å². The van der Waals surface area contributed by atoms with E-state index in [0.29, 0.717) is 11.6 Å². The molecule has 1 unspecified atom stereocenters. The van der Waals surface area contributed by atoms with Crippen LogP contribution in [0, 0.1) is 0 Å². The molecule has 2 amide bonds. The number of hydrogen-bond acceptors (Lipinski definition) is 3. The molecule has 23 heavy (non-hydrogen) atoms. The van der Waals surface area contributed by atoms with Gasteiger partial charge in [-0.3, -0.25) is 0 Å². The summed E-state index contributed by atoms with van der Waals surface area (Å²) in [5, 5.41) is 14.6. The number of phenolic OH excluding ortho intramolecular Hbond substituents is 1. The Hall–Kier alpha value is -2.69. The van der Waals surface area contributed by atoms with Gasteiger partial charge < -0.3 is 20.5 Å². The number of urea groups is 1. The fourth-order valence-electron chi connectivity index (χ4n) is 2.18. The second-order valence-electron chi connectivity index (χ2n) is 5.60. The molecular weight excluding hydrogens is 292 g/mol. The standard InChI is InChI=1S/C18H22N2O3/c1-12(2)16-6-4-5-7-17(16)23-13(3)19-18(22)20-14-8-10-15(21)11-9-14/h4-13,21H,1-3H3,(H2,19,20,22). The van der Waals surface area contributed by atoms with Crippen LogP contribution in [-0.4, -0.2) is 17.4 Å². The number of carbonyl (C=O) groups is 1. The number of carbonyl (C=O) groups excluding carboxylic acids is 1. The normalized spacial score (nSPS) is 11.8. The molecule has 5 heteroatoms. The summed E-state index contributed by atoms with van der Waals surface area (Å²) in [7, 11) is 0. The lowest BCUT2D eigenvalue weighted by molar-refractivity contribution is 0.181. The maximum Gasteiger partial charge on any atom is 0.322 e. The third-order valence-corrected chi connectivity index (χ3v) is 3.30. The topological polar surface area (TPSA) is 70.6 Å². The van der Waals surface area contributed by atoms with Crippen molar-refractivity contribution in [1.82, 2.24) is 5.32 Å². The van der Waals surface area contributed by atoms with Gasteiger partial charge in [0.2, 0.25) is 0 Å². The van der Waals surface area contributed by atoms with E-state index in [2.05, 4.69) is 24.5 Å². The Morgan fingerprint density at radius 3 is 2.35 bits per heavy atom. The summed E-state index contributed by atoms with van der Waals surface area (Å²) < 4.78 is 5.82. The van der Waals surface area contributed by atoms with Crippen LogP contribution in [0.25, 0.3) is 0 Å². The smallest absolute Gasteiger partial charge is 0.322 e. The average Bonchev–Trinajstić information content (AvgIpc) is 2.49. The van der Waals surface area contributed by atoms with Crippen LogP contribution >= 0.6 is 0 Å². The van der Waals surface area contributed by atoms with Crippen molar-refractivity contribution in [3.05, 3.63) is 54.1 Å². The molecule has 5 nitrogen and oxygen atoms in total. The van der Waals surface area contributed by atoms with Crippen molar-refractivity contribution >= 4 is 11.7 Å². The molecule has 0 bridgehead atoms. The molecule has 0 aliphatic carbocycles. The Morgan fingerprint density at radius 1 is 1.04 bits per heavy atom. The molecule has 2 aromatic rings. The third kappa shape index (κ3) is 4.92. The first-order valence-electron chi connectivity index (χ1n) is 7.58. The molecule has 0 heterocycles. The van der Waals surface area contributed by atoms with Crippen molar-refractivity contribution in [2.24, 2.45) is 0 Å². The summed E-state index contributed by atoms with van der Waals surface area (Å²) in [6.07, 6.45) is -0.480. The lowest BCUT2D eigenvalue weighted by Gasteiger charge is -2.20. The van der Waals surface area contributed by atoms with Gasteiger partial charge in [0.1, 0.15) is 11.5 Å². The molecule has 0 aliphatic heterocycles. The number of nitrogens with one attached hydrogen (secondary N) is 2. The molecule has 0 saturated heterocycles. The van der Waals surface area contributed by atoms with Gasteiger partial charge in [0.05, 0.1) is 0 Å². The fraction of sp³-hybridized carbons (Fsp3) is 0.278. The zero-order valence-electron chi connectivity index (χ0n) is 13.5. The average molecular weight is 314 g/mol. The summed E-state index contributed by atoms with van der Waals surface area (Å²) in [6, 6.07) is 13.7. The molecule has 0 saturated carbocycles. The molecule has 122 valence electrons. The molecule has 3 N–H and O–H groups in total. The Labute approximate surface area is 136 Å². The van der Waals surface area contributed by atoms with Crippen LogP contribution in [0.15, 0.2) is 48.5 Å². The molecule has 2 rings (SSSR count). The zero-order valence-corrected chi connectivity index (χ0v) is 13.5. The molecule has 0 aromatic heterocycles. The van der Waals surface area contributed by atoms with E-state index in [9.17, 15) is 9.90 Å². The van der Waals surface area contributed by atoms with Gasteiger partial charge >= 0.3 is 6.03 Å². The van der Waals surface area contributed by atoms with Crippen LogP contribution in [0.5, 0.6) is 11.5 Å². The summed E-state index contributed by atoms with van der Waals surface area (Å²) in [4.78, 5) is 12.0. The number of para-hydroxylation sites is 1. The fourth-order valence-corrected chi connectivity index (χ4v) is 2.18. The highest BCUT2D eigenvalue weighted by molar-refractivity contribution is 5.89. The van der Waals surface area contributed by atoms with Gasteiger partial charge in [0.25, 0.3) is 0 Å². The van der Waals surface area contributed by atoms with E-state index >= 15 is 0 Å². The highest BCUT2D eigenvalue weighted by atomic mass is 16.5. The first kappa shape index (κ1) is 16.7. The number of phenols is 1. The van der Waals surface area contributed by atoms with Crippen LogP contribution < -0.4 is 15.4 Å². The molecule has 0 radical (unpaired) electrons. The maximum absolute atomic E-state index is 12.0. The summed E-state index contributed by atoms with van der Waals surface area (Å²) in [6.45, 7) is 5.96. The lowest BCUT2D eigenvalue weighted by atomic mass is 10.0. The Kier molecular flexibility index (Phi) is 5.46. The highest BCUT2D eigenvalue weighted by Gasteiger charge is 2.12. The zero-order chi connectivity index (χ0) is 16.8. The van der Waals surface area contributed by atoms with Crippen molar-refractivity contribution in [2.45, 2.75) is 32.9 Å². The number of ether oxygens (including phenoxy) is 1. The minimum Gasteiger partial charge on any atom is -0.508 e. The number of anilines is 1. The van der Waals surface area contributed by atoms with E-state index in [1.54, 1.807) is 19.1 Å². The predicted molar refractivity (Wildman–Crippen MR) is 90.9 cm³/mol. The third-order valence-electron chi connectivity index (χ3n) is 3.30. The summed E-state index contributed by atoms with van der Waals surface area (Å²) >= 11 is 0. The van der Waals surface area contributed by atoms with Gasteiger partial charge in [-0.1, -0.05) is 32.0 Å². The van der Waals surface area contributed by atoms with Crippen LogP contribution in [0.2, 0.25) is 0 Å². The van der Waals surface area contributed by atoms with E-state index < -0.39 is 6.23 Å². The van der Waals surface area contributed by atoms with Crippen molar-refractivity contribution in [1.29, 1.82) is 0 Å². The Morgan fingerprint density at radius 2 is 1.70 bits per heavy atom. The van der Waals surface area contributed by atoms with Crippen molar-refractivity contribution in [3.8, 4) is 11.5 Å². The van der Waals surface area contributed by atoms with Gasteiger partial charge in [-0.25, -0.2) is 4.79 Å². The molecule has 1 atom stereocenters. The van der Waals surface area contributed by atoms with Crippen LogP contribution in [-0.2, 0) is 0 Å². The second-order valence-corrected chi connectivity index (χ2v) is 5.60. The second kappa shape index (κ2) is 7.54. The Balaban J connectivity index is 1.93. The molecular formula is C18H22N2O3. The van der Waals surface area contributed by atoms with Gasteiger partial charge in [0, 0.05) is 5.69 Å². The monoisotopic (exact) mass is 314 g/mol.